The lowest BCUT2D eigenvalue weighted by Gasteiger charge is -2.25. The van der Waals surface area contributed by atoms with Crippen LogP contribution in [-0.4, -0.2) is 29.9 Å². The molecule has 2 rings (SSSR count). The van der Waals surface area contributed by atoms with Gasteiger partial charge in [0.1, 0.15) is 5.78 Å². The summed E-state index contributed by atoms with van der Waals surface area (Å²) in [5.74, 6) is -1.78. The second kappa shape index (κ2) is 2.18. The quantitative estimate of drug-likeness (QED) is 0.495. The second-order valence-corrected chi connectivity index (χ2v) is 3.21. The van der Waals surface area contributed by atoms with E-state index < -0.39 is 18.4 Å². The summed E-state index contributed by atoms with van der Waals surface area (Å²) in [6.45, 7) is -2.05. The van der Waals surface area contributed by atoms with Crippen LogP contribution < -0.4 is 0 Å². The number of hydrogen-bond acceptors (Lipinski definition) is 6. The molecule has 0 bridgehead atoms. The highest BCUT2D eigenvalue weighted by molar-refractivity contribution is 6.89. The summed E-state index contributed by atoms with van der Waals surface area (Å²) in [4.78, 5) is 21.8. The molecule has 2 heterocycles. The van der Waals surface area contributed by atoms with E-state index in [2.05, 4.69) is 0 Å². The van der Waals surface area contributed by atoms with Crippen LogP contribution in [0.2, 0.25) is 12.6 Å². The molecule has 1 spiro atoms. The van der Waals surface area contributed by atoms with Gasteiger partial charge in [-0.1, -0.05) is 6.32 Å². The number of rotatable bonds is 0. The summed E-state index contributed by atoms with van der Waals surface area (Å²) >= 11 is 0. The maximum Gasteiger partial charge on any atom is 0.363 e. The molecule has 0 aromatic carbocycles. The van der Waals surface area contributed by atoms with Crippen LogP contribution in [0, 0.1) is 10.8 Å². The standard InChI is InChI=1S/C6H6BN2O4/c8-3-1-7(2-4(3)10)12-5(9)6(11)13-7/h8-9H,1-2H2/q-1. The van der Waals surface area contributed by atoms with Gasteiger partial charge in [-0.05, 0) is 6.32 Å². The number of hydrogen-bond donors (Lipinski definition) is 2. The van der Waals surface area contributed by atoms with Crippen molar-refractivity contribution in [1.29, 1.82) is 10.8 Å². The van der Waals surface area contributed by atoms with Crippen molar-refractivity contribution in [2.45, 2.75) is 12.6 Å². The molecule has 1 unspecified atom stereocenters. The highest BCUT2D eigenvalue weighted by Gasteiger charge is 2.49. The SMILES string of the molecule is N=C1C[B-]2(CC1=O)OC(=N)C(=O)O2. The second-order valence-electron chi connectivity index (χ2n) is 3.21. The summed E-state index contributed by atoms with van der Waals surface area (Å²) in [7, 11) is 0. The molecule has 2 N–H and O–H groups in total. The number of Topliss-reactive ketones (excluding diaryl/α,β-unsaturated/α-hetero) is 1. The zero-order chi connectivity index (χ0) is 9.64. The summed E-state index contributed by atoms with van der Waals surface area (Å²) in [5.41, 5.74) is -0.0949. The van der Waals surface area contributed by atoms with Gasteiger partial charge in [-0.2, -0.15) is 0 Å². The lowest BCUT2D eigenvalue weighted by atomic mass is 9.56. The van der Waals surface area contributed by atoms with E-state index in [0.29, 0.717) is 0 Å². The maximum atomic E-state index is 11.0. The average Bonchev–Trinajstić information content (AvgIpc) is 2.39. The minimum absolute atomic E-state index is 0.00690. The van der Waals surface area contributed by atoms with Gasteiger partial charge in [-0.3, -0.25) is 10.2 Å². The van der Waals surface area contributed by atoms with Crippen LogP contribution in [0.15, 0.2) is 0 Å². The number of ketones is 1. The molecule has 1 atom stereocenters. The Morgan fingerprint density at radius 2 is 1.85 bits per heavy atom. The van der Waals surface area contributed by atoms with Crippen molar-refractivity contribution in [2.75, 3.05) is 0 Å². The van der Waals surface area contributed by atoms with Crippen LogP contribution in [0.3, 0.4) is 0 Å². The molecule has 7 heteroatoms. The fourth-order valence-corrected chi connectivity index (χ4v) is 1.60. The predicted octanol–water partition coefficient (Wildman–Crippen LogP) is -0.418. The van der Waals surface area contributed by atoms with E-state index in [1.54, 1.807) is 0 Å². The molecule has 0 radical (unpaired) electrons. The Morgan fingerprint density at radius 3 is 2.23 bits per heavy atom. The highest BCUT2D eigenvalue weighted by atomic mass is 16.7. The summed E-state index contributed by atoms with van der Waals surface area (Å²) in [6.07, 6.45) is -0.0834. The Labute approximate surface area is 73.2 Å². The maximum absolute atomic E-state index is 11.0. The van der Waals surface area contributed by atoms with Gasteiger partial charge in [0.25, 0.3) is 0 Å². The number of carbonyl (C=O) groups excluding carboxylic acids is 2. The van der Waals surface area contributed by atoms with Gasteiger partial charge in [0.15, 0.2) is 0 Å². The molecule has 0 aliphatic carbocycles. The molecule has 68 valence electrons. The molecule has 0 aromatic rings. The first-order valence-corrected chi connectivity index (χ1v) is 3.81. The fraction of sp³-hybridized carbons (Fsp3) is 0.333. The first-order valence-electron chi connectivity index (χ1n) is 3.81. The van der Waals surface area contributed by atoms with E-state index in [9.17, 15) is 9.59 Å². The number of nitrogens with one attached hydrogen (secondary N) is 2. The zero-order valence-corrected chi connectivity index (χ0v) is 6.62. The third-order valence-electron chi connectivity index (χ3n) is 2.19. The first kappa shape index (κ1) is 7.97. The van der Waals surface area contributed by atoms with Crippen molar-refractivity contribution < 1.29 is 18.9 Å². The van der Waals surface area contributed by atoms with E-state index in [1.807, 2.05) is 0 Å². The van der Waals surface area contributed by atoms with Crippen molar-refractivity contribution in [3.05, 3.63) is 0 Å². The van der Waals surface area contributed by atoms with Crippen LogP contribution in [-0.2, 0) is 18.9 Å². The van der Waals surface area contributed by atoms with Gasteiger partial charge in [0.2, 0.25) is 5.90 Å². The van der Waals surface area contributed by atoms with Crippen molar-refractivity contribution in [3.63, 3.8) is 0 Å². The van der Waals surface area contributed by atoms with Crippen molar-refractivity contribution in [3.8, 4) is 0 Å². The molecule has 2 saturated heterocycles. The Morgan fingerprint density at radius 1 is 1.15 bits per heavy atom. The van der Waals surface area contributed by atoms with E-state index in [0.717, 1.165) is 0 Å². The van der Waals surface area contributed by atoms with E-state index in [1.165, 1.54) is 0 Å². The first-order chi connectivity index (χ1) is 6.02. The monoisotopic (exact) mass is 181 g/mol. The highest BCUT2D eigenvalue weighted by Crippen LogP contribution is 2.31. The minimum Gasteiger partial charge on any atom is -0.664 e. The molecule has 0 amide bonds. The lowest BCUT2D eigenvalue weighted by molar-refractivity contribution is -0.126. The average molecular weight is 181 g/mol. The summed E-state index contributed by atoms with van der Waals surface area (Å²) in [6, 6.07) is 0. The Balaban J connectivity index is 2.27. The minimum atomic E-state index is -2.05. The third-order valence-corrected chi connectivity index (χ3v) is 2.19. The third kappa shape index (κ3) is 1.04. The Hall–Kier alpha value is -1.66. The summed E-state index contributed by atoms with van der Waals surface area (Å²) < 4.78 is 9.65. The zero-order valence-electron chi connectivity index (χ0n) is 6.62. The van der Waals surface area contributed by atoms with E-state index >= 15 is 0 Å². The Bertz CT molecular complexity index is 281. The largest absolute Gasteiger partial charge is 0.664 e. The van der Waals surface area contributed by atoms with Crippen LogP contribution in [0.5, 0.6) is 0 Å². The molecule has 2 aliphatic rings. The van der Waals surface area contributed by atoms with Crippen molar-refractivity contribution >= 4 is 29.9 Å². The Kier molecular flexibility index (Phi) is 1.34. The van der Waals surface area contributed by atoms with Gasteiger partial charge < -0.3 is 14.7 Å². The van der Waals surface area contributed by atoms with Gasteiger partial charge in [0, 0.05) is 5.71 Å². The van der Waals surface area contributed by atoms with Crippen molar-refractivity contribution in [2.24, 2.45) is 0 Å². The topological polar surface area (TPSA) is 100 Å². The molecule has 13 heavy (non-hydrogen) atoms. The normalized spacial score (nSPS) is 32.6. The molecule has 0 aromatic heterocycles. The van der Waals surface area contributed by atoms with E-state index in [-0.39, 0.29) is 24.1 Å². The number of carbonyl (C=O) groups is 2. The van der Waals surface area contributed by atoms with Crippen molar-refractivity contribution in [1.82, 2.24) is 0 Å². The fourth-order valence-electron chi connectivity index (χ4n) is 1.60. The molecule has 6 nitrogen and oxygen atoms in total. The molecule has 0 saturated carbocycles. The molecule has 2 fully saturated rings. The predicted molar refractivity (Wildman–Crippen MR) is 43.0 cm³/mol. The van der Waals surface area contributed by atoms with E-state index in [4.69, 9.17) is 20.1 Å². The van der Waals surface area contributed by atoms with Gasteiger partial charge in [-0.25, -0.2) is 4.79 Å². The van der Waals surface area contributed by atoms with Gasteiger partial charge >= 0.3 is 12.5 Å². The lowest BCUT2D eigenvalue weighted by Crippen LogP contribution is -2.33. The molecular formula is C6H6BN2O4-. The van der Waals surface area contributed by atoms with Gasteiger partial charge in [0.05, 0.1) is 0 Å². The van der Waals surface area contributed by atoms with Crippen LogP contribution in [0.1, 0.15) is 0 Å². The smallest absolute Gasteiger partial charge is 0.363 e. The van der Waals surface area contributed by atoms with Crippen LogP contribution in [0.4, 0.5) is 0 Å². The molecule has 2 aliphatic heterocycles. The van der Waals surface area contributed by atoms with Crippen LogP contribution in [0.25, 0.3) is 0 Å². The van der Waals surface area contributed by atoms with Gasteiger partial charge in [-0.15, -0.1) is 0 Å². The summed E-state index contributed by atoms with van der Waals surface area (Å²) in [5, 5.41) is 14.2. The van der Waals surface area contributed by atoms with Crippen LogP contribution >= 0.6 is 0 Å². The molecular weight excluding hydrogens is 175 g/mol.